The van der Waals surface area contributed by atoms with Gasteiger partial charge in [-0.1, -0.05) is 0 Å². The number of rotatable bonds is 3. The molecule has 1 saturated heterocycles. The Morgan fingerprint density at radius 1 is 1.63 bits per heavy atom. The van der Waals surface area contributed by atoms with Gasteiger partial charge < -0.3 is 10.6 Å². The predicted molar refractivity (Wildman–Crippen MR) is 78.6 cm³/mol. The van der Waals surface area contributed by atoms with E-state index in [0.29, 0.717) is 23.7 Å². The minimum atomic E-state index is -3.18. The van der Waals surface area contributed by atoms with Crippen LogP contribution < -0.4 is 10.6 Å². The van der Waals surface area contributed by atoms with Crippen molar-refractivity contribution in [3.8, 4) is 0 Å². The van der Waals surface area contributed by atoms with Crippen LogP contribution in [-0.2, 0) is 9.84 Å². The molecular weight excluding hydrogens is 284 g/mol. The van der Waals surface area contributed by atoms with Crippen LogP contribution in [0.25, 0.3) is 0 Å². The zero-order valence-corrected chi connectivity index (χ0v) is 12.2. The summed E-state index contributed by atoms with van der Waals surface area (Å²) in [5.74, 6) is 1.90. The van der Waals surface area contributed by atoms with Crippen LogP contribution in [0.1, 0.15) is 5.56 Å². The van der Waals surface area contributed by atoms with Gasteiger partial charge >= 0.3 is 0 Å². The largest absolute Gasteiger partial charge is 0.384 e. The highest BCUT2D eigenvalue weighted by atomic mass is 32.2. The van der Waals surface area contributed by atoms with Crippen molar-refractivity contribution >= 4 is 33.3 Å². The van der Waals surface area contributed by atoms with E-state index in [1.54, 1.807) is 35.0 Å². The van der Waals surface area contributed by atoms with Crippen molar-refractivity contribution in [3.63, 3.8) is 0 Å². The van der Waals surface area contributed by atoms with Crippen molar-refractivity contribution in [1.82, 2.24) is 4.98 Å². The molecule has 0 amide bonds. The maximum atomic E-state index is 11.8. The quantitative estimate of drug-likeness (QED) is 0.615. The van der Waals surface area contributed by atoms with E-state index in [0.717, 1.165) is 5.75 Å². The molecule has 0 aromatic carbocycles. The van der Waals surface area contributed by atoms with Gasteiger partial charge in [0.15, 0.2) is 9.84 Å². The first-order valence-corrected chi connectivity index (χ1v) is 8.84. The average molecular weight is 300 g/mol. The lowest BCUT2D eigenvalue weighted by Crippen LogP contribution is -2.47. The monoisotopic (exact) mass is 300 g/mol. The van der Waals surface area contributed by atoms with Crippen molar-refractivity contribution in [2.75, 3.05) is 29.2 Å². The minimum absolute atomic E-state index is 0.0501. The van der Waals surface area contributed by atoms with Gasteiger partial charge in [-0.25, -0.2) is 13.4 Å². The van der Waals surface area contributed by atoms with Crippen molar-refractivity contribution < 1.29 is 8.42 Å². The number of nitrogen functional groups attached to an aromatic ring is 1. The maximum Gasteiger partial charge on any atom is 0.169 e. The zero-order valence-electron chi connectivity index (χ0n) is 10.5. The second-order valence-corrected chi connectivity index (χ2v) is 7.72. The lowest BCUT2D eigenvalue weighted by Gasteiger charge is -2.35. The Morgan fingerprint density at radius 2 is 2.37 bits per heavy atom. The van der Waals surface area contributed by atoms with E-state index < -0.39 is 15.2 Å². The molecule has 0 spiro atoms. The van der Waals surface area contributed by atoms with Crippen LogP contribution in [0.2, 0.25) is 0 Å². The maximum absolute atomic E-state index is 11.8. The lowest BCUT2D eigenvalue weighted by atomic mass is 10.2. The van der Waals surface area contributed by atoms with Gasteiger partial charge in [-0.05, 0) is 12.1 Å². The second kappa shape index (κ2) is 5.38. The first kappa shape index (κ1) is 14.1. The first-order valence-electron chi connectivity index (χ1n) is 5.73. The van der Waals surface area contributed by atoms with Gasteiger partial charge in [-0.2, -0.15) is 11.8 Å². The number of pyridine rings is 1. The predicted octanol–water partition coefficient (Wildman–Crippen LogP) is 0.290. The van der Waals surface area contributed by atoms with Gasteiger partial charge in [-0.15, -0.1) is 0 Å². The molecule has 1 fully saturated rings. The van der Waals surface area contributed by atoms with Gasteiger partial charge in [0.25, 0.3) is 0 Å². The molecule has 1 unspecified atom stereocenters. The summed E-state index contributed by atoms with van der Waals surface area (Å²) in [6, 6.07) is 3.30. The molecule has 0 radical (unpaired) electrons. The molecule has 0 aliphatic carbocycles. The van der Waals surface area contributed by atoms with Crippen LogP contribution in [0.3, 0.4) is 0 Å². The summed E-state index contributed by atoms with van der Waals surface area (Å²) in [5.41, 5.74) is 6.00. The molecule has 1 atom stereocenters. The topological polar surface area (TPSA) is 100 Å². The third kappa shape index (κ3) is 3.19. The summed E-state index contributed by atoms with van der Waals surface area (Å²) in [6.45, 7) is 0.622. The third-order valence-electron chi connectivity index (χ3n) is 2.93. The zero-order chi connectivity index (χ0) is 14.0. The highest BCUT2D eigenvalue weighted by Gasteiger charge is 2.31. The normalized spacial score (nSPS) is 20.3. The van der Waals surface area contributed by atoms with Crippen LogP contribution >= 0.6 is 11.8 Å². The summed E-state index contributed by atoms with van der Waals surface area (Å²) in [4.78, 5) is 5.99. The smallest absolute Gasteiger partial charge is 0.169 e. The number of anilines is 1. The molecule has 3 N–H and O–H groups in total. The summed E-state index contributed by atoms with van der Waals surface area (Å²) in [6.07, 6.45) is 2.79. The summed E-state index contributed by atoms with van der Waals surface area (Å²) < 4.78 is 23.7. The summed E-state index contributed by atoms with van der Waals surface area (Å²) >= 11 is 1.62. The van der Waals surface area contributed by atoms with Gasteiger partial charge in [0, 0.05) is 36.1 Å². The van der Waals surface area contributed by atoms with Crippen LogP contribution in [0.15, 0.2) is 18.3 Å². The number of amidine groups is 1. The molecule has 1 aromatic rings. The van der Waals surface area contributed by atoms with Crippen molar-refractivity contribution in [2.24, 2.45) is 5.73 Å². The van der Waals surface area contributed by atoms with E-state index in [1.807, 2.05) is 0 Å². The van der Waals surface area contributed by atoms with E-state index in [9.17, 15) is 8.42 Å². The number of aromatic nitrogens is 1. The van der Waals surface area contributed by atoms with Gasteiger partial charge in [0.1, 0.15) is 17.0 Å². The van der Waals surface area contributed by atoms with Crippen LogP contribution in [-0.4, -0.2) is 48.9 Å². The van der Waals surface area contributed by atoms with E-state index in [-0.39, 0.29) is 5.84 Å². The highest BCUT2D eigenvalue weighted by molar-refractivity contribution is 8.01. The number of hydrogen-bond acceptors (Lipinski definition) is 6. The molecule has 1 aromatic heterocycles. The number of hydrogen-bond donors (Lipinski definition) is 2. The van der Waals surface area contributed by atoms with Gasteiger partial charge in [0.05, 0.1) is 0 Å². The van der Waals surface area contributed by atoms with Gasteiger partial charge in [-0.3, -0.25) is 5.41 Å². The molecule has 1 aliphatic heterocycles. The fourth-order valence-corrected chi connectivity index (χ4v) is 4.77. The Kier molecular flexibility index (Phi) is 4.00. The van der Waals surface area contributed by atoms with E-state index >= 15 is 0 Å². The molecule has 2 rings (SSSR count). The number of sulfone groups is 1. The molecule has 19 heavy (non-hydrogen) atoms. The minimum Gasteiger partial charge on any atom is -0.384 e. The van der Waals surface area contributed by atoms with E-state index in [2.05, 4.69) is 4.98 Å². The van der Waals surface area contributed by atoms with Crippen molar-refractivity contribution in [3.05, 3.63) is 23.9 Å². The first-order chi connectivity index (χ1) is 8.89. The Morgan fingerprint density at radius 3 is 3.00 bits per heavy atom. The van der Waals surface area contributed by atoms with Crippen LogP contribution in [0, 0.1) is 5.41 Å². The Hall–Kier alpha value is -1.28. The molecule has 2 heterocycles. The molecule has 0 bridgehead atoms. The second-order valence-electron chi connectivity index (χ2n) is 4.37. The van der Waals surface area contributed by atoms with Crippen molar-refractivity contribution in [2.45, 2.75) is 5.37 Å². The van der Waals surface area contributed by atoms with Crippen LogP contribution in [0.5, 0.6) is 0 Å². The van der Waals surface area contributed by atoms with Crippen molar-refractivity contribution in [1.29, 1.82) is 5.41 Å². The SMILES string of the molecule is CS(=O)(=O)C1CSCCN1c1cc(C(=N)N)ccn1. The molecule has 8 heteroatoms. The Labute approximate surface area is 116 Å². The molecule has 1 aliphatic rings. The van der Waals surface area contributed by atoms with E-state index in [1.165, 1.54) is 6.26 Å². The average Bonchev–Trinajstić information content (AvgIpc) is 2.38. The summed E-state index contributed by atoms with van der Waals surface area (Å²) in [5, 5.41) is 6.86. The molecule has 104 valence electrons. The Bertz CT molecular complexity index is 588. The summed E-state index contributed by atoms with van der Waals surface area (Å²) in [7, 11) is -3.18. The number of nitrogens with one attached hydrogen (secondary N) is 1. The lowest BCUT2D eigenvalue weighted by molar-refractivity contribution is 0.583. The molecule has 0 saturated carbocycles. The molecular formula is C11H16N4O2S2. The molecule has 6 nitrogen and oxygen atoms in total. The van der Waals surface area contributed by atoms with Gasteiger partial charge in [0.2, 0.25) is 0 Å². The fourth-order valence-electron chi connectivity index (χ4n) is 1.94. The number of nitrogens with two attached hydrogens (primary N) is 1. The highest BCUT2D eigenvalue weighted by Crippen LogP contribution is 2.25. The number of thioether (sulfide) groups is 1. The van der Waals surface area contributed by atoms with E-state index in [4.69, 9.17) is 11.1 Å². The Balaban J connectivity index is 2.38. The fraction of sp³-hybridized carbons (Fsp3) is 0.455. The third-order valence-corrected chi connectivity index (χ3v) is 5.57. The number of nitrogens with zero attached hydrogens (tertiary/aromatic N) is 2. The van der Waals surface area contributed by atoms with Crippen LogP contribution in [0.4, 0.5) is 5.82 Å². The standard InChI is InChI=1S/C11H16N4O2S2/c1-19(16,17)10-7-18-5-4-15(10)9-6-8(11(12)13)2-3-14-9/h2-3,6,10H,4-5,7H2,1H3,(H3,12,13).